The summed E-state index contributed by atoms with van der Waals surface area (Å²) in [5.74, 6) is -0.154. The Hall–Kier alpha value is -1.00. The molecule has 1 aromatic rings. The van der Waals surface area contributed by atoms with E-state index in [-0.39, 0.29) is 11.2 Å². The van der Waals surface area contributed by atoms with Crippen LogP contribution < -0.4 is 0 Å². The normalized spacial score (nSPS) is 20.8. The Kier molecular flexibility index (Phi) is 5.93. The summed E-state index contributed by atoms with van der Waals surface area (Å²) >= 11 is 4.70. The second-order valence-electron chi connectivity index (χ2n) is 7.02. The highest BCUT2D eigenvalue weighted by Crippen LogP contribution is 2.27. The molecule has 1 aliphatic heterocycles. The van der Waals surface area contributed by atoms with Gasteiger partial charge < -0.3 is 4.74 Å². The Bertz CT molecular complexity index is 484. The number of thiol groups is 1. The zero-order valence-corrected chi connectivity index (χ0v) is 14.7. The average molecular weight is 321 g/mol. The fourth-order valence-corrected chi connectivity index (χ4v) is 3.48. The summed E-state index contributed by atoms with van der Waals surface area (Å²) in [6, 6.07) is 10.8. The molecule has 2 atom stereocenters. The maximum Gasteiger partial charge on any atom is 0.307 e. The Balaban J connectivity index is 1.91. The number of benzene rings is 1. The molecule has 1 fully saturated rings. The van der Waals surface area contributed by atoms with Gasteiger partial charge in [0.15, 0.2) is 0 Å². The fourth-order valence-electron chi connectivity index (χ4n) is 2.99. The fraction of sp³-hybridized carbons (Fsp3) is 0.611. The lowest BCUT2D eigenvalue weighted by atomic mass is 10.1. The van der Waals surface area contributed by atoms with Crippen LogP contribution in [-0.2, 0) is 16.1 Å². The van der Waals surface area contributed by atoms with Crippen LogP contribution in [0, 0.1) is 0 Å². The minimum atomic E-state index is -0.427. The molecule has 4 heteroatoms. The van der Waals surface area contributed by atoms with Gasteiger partial charge in [-0.05, 0) is 45.7 Å². The van der Waals surface area contributed by atoms with Crippen molar-refractivity contribution in [2.75, 3.05) is 6.54 Å². The van der Waals surface area contributed by atoms with Crippen LogP contribution in [0.5, 0.6) is 0 Å². The van der Waals surface area contributed by atoms with E-state index in [1.165, 1.54) is 12.0 Å². The predicted octanol–water partition coefficient (Wildman–Crippen LogP) is 3.68. The molecule has 1 aromatic carbocycles. The molecule has 3 nitrogen and oxygen atoms in total. The summed E-state index contributed by atoms with van der Waals surface area (Å²) in [4.78, 5) is 14.4. The third kappa shape index (κ3) is 5.33. The Morgan fingerprint density at radius 3 is 2.68 bits per heavy atom. The molecule has 0 aromatic heterocycles. The molecule has 2 unspecified atom stereocenters. The molecule has 2 rings (SSSR count). The molecule has 0 saturated carbocycles. The van der Waals surface area contributed by atoms with E-state index in [4.69, 9.17) is 17.4 Å². The number of carbonyl (C=O) groups excluding carboxylic acids is 1. The summed E-state index contributed by atoms with van der Waals surface area (Å²) in [6.45, 7) is 7.70. The highest BCUT2D eigenvalue weighted by Gasteiger charge is 2.32. The molecule has 0 N–H and O–H groups in total. The summed E-state index contributed by atoms with van der Waals surface area (Å²) < 4.78 is 5.42. The second-order valence-corrected chi connectivity index (χ2v) is 7.69. The van der Waals surface area contributed by atoms with Crippen LogP contribution in [0.4, 0.5) is 0 Å². The van der Waals surface area contributed by atoms with Gasteiger partial charge in [0.05, 0.1) is 6.42 Å². The SMILES string of the molecule is CC(C)(C)OC(=O)CC(S)C1CCCN1Cc1ccccc1. The van der Waals surface area contributed by atoms with Crippen LogP contribution in [0.25, 0.3) is 0 Å². The molecule has 0 aliphatic carbocycles. The summed E-state index contributed by atoms with van der Waals surface area (Å²) in [7, 11) is 0. The molecule has 1 heterocycles. The third-order valence-corrected chi connectivity index (χ3v) is 4.41. The molecule has 22 heavy (non-hydrogen) atoms. The van der Waals surface area contributed by atoms with Crippen LogP contribution in [-0.4, -0.2) is 34.3 Å². The lowest BCUT2D eigenvalue weighted by molar-refractivity contribution is -0.155. The van der Waals surface area contributed by atoms with E-state index in [2.05, 4.69) is 29.2 Å². The van der Waals surface area contributed by atoms with Crippen molar-refractivity contribution in [3.05, 3.63) is 35.9 Å². The standard InChI is InChI=1S/C18H27NO2S/c1-18(2,3)21-17(20)12-16(22)15-10-7-11-19(15)13-14-8-5-4-6-9-14/h4-6,8-9,15-16,22H,7,10-13H2,1-3H3. The Morgan fingerprint density at radius 1 is 1.36 bits per heavy atom. The number of nitrogens with zero attached hydrogens (tertiary/aromatic N) is 1. The third-order valence-electron chi connectivity index (χ3n) is 3.88. The van der Waals surface area contributed by atoms with Crippen molar-refractivity contribution in [2.45, 2.75) is 63.5 Å². The number of likely N-dealkylation sites (tertiary alicyclic amines) is 1. The number of ether oxygens (including phenoxy) is 1. The van der Waals surface area contributed by atoms with Crippen molar-refractivity contribution >= 4 is 18.6 Å². The highest BCUT2D eigenvalue weighted by atomic mass is 32.1. The van der Waals surface area contributed by atoms with Gasteiger partial charge in [-0.2, -0.15) is 12.6 Å². The van der Waals surface area contributed by atoms with Gasteiger partial charge in [0.25, 0.3) is 0 Å². The molecule has 0 amide bonds. The van der Waals surface area contributed by atoms with Gasteiger partial charge in [-0.1, -0.05) is 30.3 Å². The number of carbonyl (C=O) groups is 1. The maximum absolute atomic E-state index is 12.0. The van der Waals surface area contributed by atoms with Crippen molar-refractivity contribution in [3.8, 4) is 0 Å². The van der Waals surface area contributed by atoms with Crippen LogP contribution in [0.2, 0.25) is 0 Å². The Labute approximate surface area is 139 Å². The van der Waals surface area contributed by atoms with Gasteiger partial charge >= 0.3 is 5.97 Å². The number of hydrogen-bond donors (Lipinski definition) is 1. The molecule has 0 radical (unpaired) electrons. The van der Waals surface area contributed by atoms with Gasteiger partial charge in [0.2, 0.25) is 0 Å². The van der Waals surface area contributed by atoms with E-state index in [0.717, 1.165) is 19.5 Å². The topological polar surface area (TPSA) is 29.5 Å². The minimum absolute atomic E-state index is 0.0288. The zero-order chi connectivity index (χ0) is 16.2. The van der Waals surface area contributed by atoms with Crippen LogP contribution >= 0.6 is 12.6 Å². The van der Waals surface area contributed by atoms with Crippen molar-refractivity contribution in [1.82, 2.24) is 4.90 Å². The number of hydrogen-bond acceptors (Lipinski definition) is 4. The first-order valence-corrected chi connectivity index (χ1v) is 8.55. The molecule has 1 saturated heterocycles. The van der Waals surface area contributed by atoms with Gasteiger partial charge in [0, 0.05) is 17.8 Å². The van der Waals surface area contributed by atoms with Gasteiger partial charge in [0.1, 0.15) is 5.60 Å². The number of rotatable bonds is 5. The summed E-state index contributed by atoms with van der Waals surface area (Å²) in [5, 5.41) is 0.0288. The van der Waals surface area contributed by atoms with Crippen LogP contribution in [0.3, 0.4) is 0 Å². The van der Waals surface area contributed by atoms with Gasteiger partial charge in [-0.25, -0.2) is 0 Å². The summed E-state index contributed by atoms with van der Waals surface area (Å²) in [6.07, 6.45) is 2.64. The second kappa shape index (κ2) is 7.51. The van der Waals surface area contributed by atoms with Crippen molar-refractivity contribution in [3.63, 3.8) is 0 Å². The highest BCUT2D eigenvalue weighted by molar-refractivity contribution is 7.81. The van der Waals surface area contributed by atoms with E-state index in [9.17, 15) is 4.79 Å². The van der Waals surface area contributed by atoms with Crippen molar-refractivity contribution in [1.29, 1.82) is 0 Å². The first-order chi connectivity index (χ1) is 10.3. The van der Waals surface area contributed by atoms with Gasteiger partial charge in [-0.15, -0.1) is 0 Å². The minimum Gasteiger partial charge on any atom is -0.460 e. The number of esters is 1. The smallest absolute Gasteiger partial charge is 0.307 e. The summed E-state index contributed by atoms with van der Waals surface area (Å²) in [5.41, 5.74) is 0.886. The predicted molar refractivity (Wildman–Crippen MR) is 93.1 cm³/mol. The molecule has 122 valence electrons. The molecule has 0 spiro atoms. The van der Waals surface area contributed by atoms with Gasteiger partial charge in [-0.3, -0.25) is 9.69 Å². The molecule has 0 bridgehead atoms. The largest absolute Gasteiger partial charge is 0.460 e. The van der Waals surface area contributed by atoms with E-state index in [1.54, 1.807) is 0 Å². The first kappa shape index (κ1) is 17.4. The lowest BCUT2D eigenvalue weighted by Gasteiger charge is -2.29. The Morgan fingerprint density at radius 2 is 2.05 bits per heavy atom. The van der Waals surface area contributed by atoms with Crippen LogP contribution in [0.1, 0.15) is 45.6 Å². The van der Waals surface area contributed by atoms with E-state index in [1.807, 2.05) is 26.8 Å². The molecule has 1 aliphatic rings. The van der Waals surface area contributed by atoms with Crippen molar-refractivity contribution in [2.24, 2.45) is 0 Å². The van der Waals surface area contributed by atoms with E-state index in [0.29, 0.717) is 12.5 Å². The first-order valence-electron chi connectivity index (χ1n) is 8.03. The molecular formula is C18H27NO2S. The average Bonchev–Trinajstić information content (AvgIpc) is 2.85. The van der Waals surface area contributed by atoms with E-state index >= 15 is 0 Å². The molecular weight excluding hydrogens is 294 g/mol. The quantitative estimate of drug-likeness (QED) is 0.663. The lowest BCUT2D eigenvalue weighted by Crippen LogP contribution is -2.38. The maximum atomic E-state index is 12.0. The van der Waals surface area contributed by atoms with Crippen molar-refractivity contribution < 1.29 is 9.53 Å². The van der Waals surface area contributed by atoms with Crippen LogP contribution in [0.15, 0.2) is 30.3 Å². The monoisotopic (exact) mass is 321 g/mol. The zero-order valence-electron chi connectivity index (χ0n) is 13.8. The van der Waals surface area contributed by atoms with E-state index < -0.39 is 5.60 Å².